The molecule has 3 heterocycles. The largest absolute Gasteiger partial charge is 0.374 e. The minimum Gasteiger partial charge on any atom is -0.374 e. The normalized spacial score (nSPS) is 17.5. The lowest BCUT2D eigenvalue weighted by Crippen LogP contribution is -2.43. The van der Waals surface area contributed by atoms with Crippen LogP contribution in [0.1, 0.15) is 31.7 Å². The number of aryl methyl sites for hydroxylation is 1. The number of rotatable bonds is 6. The van der Waals surface area contributed by atoms with Gasteiger partial charge in [0.25, 0.3) is 5.56 Å². The van der Waals surface area contributed by atoms with E-state index in [1.54, 1.807) is 25.6 Å². The lowest BCUT2D eigenvalue weighted by atomic mass is 10.1. The van der Waals surface area contributed by atoms with Crippen molar-refractivity contribution in [3.05, 3.63) is 40.7 Å². The first-order chi connectivity index (χ1) is 12.5. The molecule has 140 valence electrons. The molecule has 0 spiro atoms. The lowest BCUT2D eigenvalue weighted by molar-refractivity contribution is 0.0374. The van der Waals surface area contributed by atoms with Gasteiger partial charge in [-0.25, -0.2) is 14.6 Å². The molecule has 8 nitrogen and oxygen atoms in total. The molecule has 8 heteroatoms. The molecule has 1 fully saturated rings. The molecular weight excluding hydrogens is 332 g/mol. The molecule has 0 unspecified atom stereocenters. The van der Waals surface area contributed by atoms with Crippen molar-refractivity contribution in [1.29, 1.82) is 0 Å². The van der Waals surface area contributed by atoms with E-state index in [4.69, 9.17) is 4.74 Å². The number of anilines is 2. The first-order valence-corrected chi connectivity index (χ1v) is 8.98. The third kappa shape index (κ3) is 4.37. The summed E-state index contributed by atoms with van der Waals surface area (Å²) in [6, 6.07) is 1.63. The van der Waals surface area contributed by atoms with Crippen LogP contribution < -0.4 is 15.8 Å². The molecule has 1 aliphatic heterocycles. The molecule has 0 bridgehead atoms. The Morgan fingerprint density at radius 1 is 1.38 bits per heavy atom. The Morgan fingerprint density at radius 3 is 3.00 bits per heavy atom. The quantitative estimate of drug-likeness (QED) is 0.835. The van der Waals surface area contributed by atoms with Gasteiger partial charge in [0.15, 0.2) is 0 Å². The minimum absolute atomic E-state index is 0.0998. The summed E-state index contributed by atoms with van der Waals surface area (Å²) in [7, 11) is 1.65. The second-order valence-electron chi connectivity index (χ2n) is 6.81. The maximum atomic E-state index is 11.8. The van der Waals surface area contributed by atoms with E-state index in [0.29, 0.717) is 12.5 Å². The van der Waals surface area contributed by atoms with Crippen LogP contribution in [0.15, 0.2) is 29.6 Å². The van der Waals surface area contributed by atoms with Crippen molar-refractivity contribution in [2.24, 2.45) is 7.05 Å². The molecule has 0 aromatic carbocycles. The molecule has 2 aromatic heterocycles. The van der Waals surface area contributed by atoms with Gasteiger partial charge in [0.05, 0.1) is 24.6 Å². The van der Waals surface area contributed by atoms with Crippen LogP contribution in [0.3, 0.4) is 0 Å². The van der Waals surface area contributed by atoms with Gasteiger partial charge in [-0.2, -0.15) is 5.10 Å². The second kappa shape index (κ2) is 8.27. The fourth-order valence-corrected chi connectivity index (χ4v) is 3.02. The van der Waals surface area contributed by atoms with Crippen LogP contribution >= 0.6 is 0 Å². The molecule has 2 aromatic rings. The van der Waals surface area contributed by atoms with Gasteiger partial charge in [-0.3, -0.25) is 4.79 Å². The average molecular weight is 358 g/mol. The highest BCUT2D eigenvalue weighted by Crippen LogP contribution is 2.21. The SMILES string of the molecule is CC(C)c1cncnc1NCC[C@H]1CN(c2cnn(C)c(=O)c2)CCO1. The average Bonchev–Trinajstić information content (AvgIpc) is 2.64. The Bertz CT molecular complexity index is 791. The van der Waals surface area contributed by atoms with Gasteiger partial charge >= 0.3 is 0 Å². The van der Waals surface area contributed by atoms with Gasteiger partial charge in [0.2, 0.25) is 0 Å². The van der Waals surface area contributed by atoms with E-state index in [-0.39, 0.29) is 11.7 Å². The lowest BCUT2D eigenvalue weighted by Gasteiger charge is -2.34. The molecule has 0 amide bonds. The number of hydrogen-bond donors (Lipinski definition) is 1. The van der Waals surface area contributed by atoms with Crippen molar-refractivity contribution >= 4 is 11.5 Å². The molecule has 1 atom stereocenters. The Labute approximate surface area is 153 Å². The van der Waals surface area contributed by atoms with E-state index in [9.17, 15) is 4.79 Å². The summed E-state index contributed by atoms with van der Waals surface area (Å²) in [4.78, 5) is 22.4. The molecular formula is C18H26N6O2. The van der Waals surface area contributed by atoms with Gasteiger partial charge in [0, 0.05) is 44.5 Å². The van der Waals surface area contributed by atoms with Gasteiger partial charge in [-0.1, -0.05) is 13.8 Å². The number of aromatic nitrogens is 4. The molecule has 26 heavy (non-hydrogen) atoms. The molecule has 3 rings (SSSR count). The first kappa shape index (κ1) is 18.3. The second-order valence-corrected chi connectivity index (χ2v) is 6.81. The zero-order chi connectivity index (χ0) is 18.5. The van der Waals surface area contributed by atoms with E-state index in [1.165, 1.54) is 4.68 Å². The maximum absolute atomic E-state index is 11.8. The first-order valence-electron chi connectivity index (χ1n) is 8.98. The van der Waals surface area contributed by atoms with Crippen LogP contribution in [0, 0.1) is 0 Å². The number of nitrogens with zero attached hydrogens (tertiary/aromatic N) is 5. The van der Waals surface area contributed by atoms with Crippen LogP contribution in [-0.4, -0.2) is 52.1 Å². The molecule has 1 N–H and O–H groups in total. The summed E-state index contributed by atoms with van der Waals surface area (Å²) in [5.41, 5.74) is 1.87. The van der Waals surface area contributed by atoms with E-state index < -0.39 is 0 Å². The monoisotopic (exact) mass is 358 g/mol. The minimum atomic E-state index is -0.0998. The van der Waals surface area contributed by atoms with E-state index in [1.807, 2.05) is 6.20 Å². The Balaban J connectivity index is 1.56. The predicted molar refractivity (Wildman–Crippen MR) is 101 cm³/mol. The van der Waals surface area contributed by atoms with Crippen LogP contribution in [0.2, 0.25) is 0 Å². The molecule has 1 aliphatic rings. The van der Waals surface area contributed by atoms with Crippen LogP contribution in [0.25, 0.3) is 0 Å². The molecule has 0 radical (unpaired) electrons. The fourth-order valence-electron chi connectivity index (χ4n) is 3.02. The van der Waals surface area contributed by atoms with Crippen molar-refractivity contribution in [2.45, 2.75) is 32.3 Å². The summed E-state index contributed by atoms with van der Waals surface area (Å²) in [5.74, 6) is 1.26. The standard InChI is InChI=1S/C18H26N6O2/c1-13(2)16-10-19-12-21-18(16)20-5-4-15-11-24(6-7-26-15)14-8-17(25)23(3)22-9-14/h8-10,12-13,15H,4-7,11H2,1-3H3,(H,19,20,21)/t15-/m0/s1. The highest BCUT2D eigenvalue weighted by Gasteiger charge is 2.21. The zero-order valence-corrected chi connectivity index (χ0v) is 15.6. The molecule has 0 aliphatic carbocycles. The van der Waals surface area contributed by atoms with Crippen molar-refractivity contribution in [1.82, 2.24) is 19.7 Å². The number of ether oxygens (including phenoxy) is 1. The Hall–Kier alpha value is -2.48. The van der Waals surface area contributed by atoms with Crippen LogP contribution in [-0.2, 0) is 11.8 Å². The Morgan fingerprint density at radius 2 is 2.23 bits per heavy atom. The highest BCUT2D eigenvalue weighted by atomic mass is 16.5. The predicted octanol–water partition coefficient (Wildman–Crippen LogP) is 1.40. The number of nitrogens with one attached hydrogen (secondary N) is 1. The van der Waals surface area contributed by atoms with Crippen LogP contribution in [0.5, 0.6) is 0 Å². The van der Waals surface area contributed by atoms with Crippen molar-refractivity contribution < 1.29 is 4.74 Å². The summed E-state index contributed by atoms with van der Waals surface area (Å²) in [6.45, 7) is 7.18. The number of hydrogen-bond acceptors (Lipinski definition) is 7. The van der Waals surface area contributed by atoms with E-state index >= 15 is 0 Å². The van der Waals surface area contributed by atoms with Crippen LogP contribution in [0.4, 0.5) is 11.5 Å². The van der Waals surface area contributed by atoms with Crippen molar-refractivity contribution in [2.75, 3.05) is 36.5 Å². The van der Waals surface area contributed by atoms with Gasteiger partial charge in [0.1, 0.15) is 12.1 Å². The third-order valence-corrected chi connectivity index (χ3v) is 4.58. The van der Waals surface area contributed by atoms with Gasteiger partial charge < -0.3 is 15.0 Å². The smallest absolute Gasteiger partial charge is 0.268 e. The zero-order valence-electron chi connectivity index (χ0n) is 15.6. The van der Waals surface area contributed by atoms with Crippen molar-refractivity contribution in [3.8, 4) is 0 Å². The van der Waals surface area contributed by atoms with E-state index in [0.717, 1.165) is 43.1 Å². The van der Waals surface area contributed by atoms with Crippen molar-refractivity contribution in [3.63, 3.8) is 0 Å². The van der Waals surface area contributed by atoms with E-state index in [2.05, 4.69) is 39.1 Å². The van der Waals surface area contributed by atoms with Gasteiger partial charge in [-0.15, -0.1) is 0 Å². The maximum Gasteiger partial charge on any atom is 0.268 e. The topological polar surface area (TPSA) is 85.2 Å². The summed E-state index contributed by atoms with van der Waals surface area (Å²) >= 11 is 0. The third-order valence-electron chi connectivity index (χ3n) is 4.58. The molecule has 0 saturated carbocycles. The molecule has 1 saturated heterocycles. The summed E-state index contributed by atoms with van der Waals surface area (Å²) < 4.78 is 7.21. The fraction of sp³-hybridized carbons (Fsp3) is 0.556. The highest BCUT2D eigenvalue weighted by molar-refractivity contribution is 5.44. The summed E-state index contributed by atoms with van der Waals surface area (Å²) in [5, 5.41) is 7.50. The Kier molecular flexibility index (Phi) is 5.82. The number of morpholine rings is 1. The summed E-state index contributed by atoms with van der Waals surface area (Å²) in [6.07, 6.45) is 6.12. The van der Waals surface area contributed by atoms with Gasteiger partial charge in [-0.05, 0) is 12.3 Å².